The lowest BCUT2D eigenvalue weighted by molar-refractivity contribution is 0.468. The van der Waals surface area contributed by atoms with Crippen molar-refractivity contribution in [3.63, 3.8) is 0 Å². The third-order valence-electron chi connectivity index (χ3n) is 2.95. The highest BCUT2D eigenvalue weighted by Gasteiger charge is 2.23. The van der Waals surface area contributed by atoms with Crippen molar-refractivity contribution in [2.75, 3.05) is 17.7 Å². The fourth-order valence-corrected chi connectivity index (χ4v) is 1.60. The fraction of sp³-hybridized carbons (Fsp3) is 0.545. The Hall–Kier alpha value is -0.770. The second kappa shape index (κ2) is 4.39. The van der Waals surface area contributed by atoms with Gasteiger partial charge in [-0.3, -0.25) is 0 Å². The fourth-order valence-electron chi connectivity index (χ4n) is 1.25. The van der Waals surface area contributed by atoms with Crippen LogP contribution < -0.4 is 10.6 Å². The predicted molar refractivity (Wildman–Crippen MR) is 69.1 cm³/mol. The lowest BCUT2D eigenvalue weighted by Gasteiger charge is -2.36. The highest BCUT2D eigenvalue weighted by molar-refractivity contribution is 9.10. The molecule has 0 amide bonds. The van der Waals surface area contributed by atoms with Crippen LogP contribution in [0, 0.1) is 0 Å². The van der Waals surface area contributed by atoms with Crippen molar-refractivity contribution in [3.8, 4) is 0 Å². The number of hydrogen-bond donors (Lipinski definition) is 1. The first kappa shape index (κ1) is 12.3. The summed E-state index contributed by atoms with van der Waals surface area (Å²) in [5.41, 5.74) is 6.71. The molecule has 2 N–H and O–H groups in total. The smallest absolute Gasteiger partial charge is 0.152 e. The second-order valence-electron chi connectivity index (χ2n) is 4.29. The average Bonchev–Trinajstić information content (AvgIpc) is 2.17. The summed E-state index contributed by atoms with van der Waals surface area (Å²) in [6.07, 6.45) is 2.81. The lowest BCUT2D eigenvalue weighted by atomic mass is 10.00. The molecule has 0 saturated heterocycles. The molecular formula is C11H18BrN3. The van der Waals surface area contributed by atoms with Gasteiger partial charge in [0.1, 0.15) is 0 Å². The van der Waals surface area contributed by atoms with Gasteiger partial charge in [-0.25, -0.2) is 4.98 Å². The molecular weight excluding hydrogens is 254 g/mol. The number of nitrogens with two attached hydrogens (primary N) is 1. The molecule has 0 aliphatic rings. The molecule has 3 nitrogen and oxygen atoms in total. The zero-order valence-corrected chi connectivity index (χ0v) is 11.3. The van der Waals surface area contributed by atoms with E-state index in [1.165, 1.54) is 0 Å². The van der Waals surface area contributed by atoms with Gasteiger partial charge in [0.25, 0.3) is 0 Å². The Bertz CT molecular complexity index is 350. The zero-order chi connectivity index (χ0) is 11.6. The number of pyridine rings is 1. The summed E-state index contributed by atoms with van der Waals surface area (Å²) in [5, 5.41) is 0. The normalized spacial score (nSPS) is 11.5. The Morgan fingerprint density at radius 2 is 2.13 bits per heavy atom. The quantitative estimate of drug-likeness (QED) is 0.919. The molecule has 0 atom stereocenters. The van der Waals surface area contributed by atoms with Crippen LogP contribution in [-0.4, -0.2) is 17.6 Å². The van der Waals surface area contributed by atoms with Crippen molar-refractivity contribution in [2.24, 2.45) is 0 Å². The summed E-state index contributed by atoms with van der Waals surface area (Å²) >= 11 is 3.35. The van der Waals surface area contributed by atoms with E-state index in [1.807, 2.05) is 13.1 Å². The van der Waals surface area contributed by atoms with E-state index in [2.05, 4.69) is 46.6 Å². The summed E-state index contributed by atoms with van der Waals surface area (Å²) in [5.74, 6) is 0.838. The van der Waals surface area contributed by atoms with Gasteiger partial charge in [0.05, 0.1) is 5.69 Å². The Balaban J connectivity index is 3.06. The van der Waals surface area contributed by atoms with Crippen LogP contribution in [0.25, 0.3) is 0 Å². The van der Waals surface area contributed by atoms with E-state index in [0.717, 1.165) is 16.7 Å². The van der Waals surface area contributed by atoms with Crippen LogP contribution in [0.2, 0.25) is 0 Å². The summed E-state index contributed by atoms with van der Waals surface area (Å²) in [4.78, 5) is 6.47. The van der Waals surface area contributed by atoms with Gasteiger partial charge in [-0.05, 0) is 42.3 Å². The SMILES string of the molecule is CCC(C)(C)N(C)c1ncc(Br)cc1N. The minimum absolute atomic E-state index is 0.0644. The second-order valence-corrected chi connectivity index (χ2v) is 5.21. The molecule has 84 valence electrons. The van der Waals surface area contributed by atoms with Gasteiger partial charge in [-0.15, -0.1) is 0 Å². The third-order valence-corrected chi connectivity index (χ3v) is 3.39. The van der Waals surface area contributed by atoms with Gasteiger partial charge < -0.3 is 10.6 Å². The maximum absolute atomic E-state index is 5.94. The van der Waals surface area contributed by atoms with Crippen molar-refractivity contribution in [1.82, 2.24) is 4.98 Å². The molecule has 0 aromatic carbocycles. The molecule has 0 saturated carbocycles. The Morgan fingerprint density at radius 1 is 1.53 bits per heavy atom. The Morgan fingerprint density at radius 3 is 2.60 bits per heavy atom. The number of aromatic nitrogens is 1. The van der Waals surface area contributed by atoms with Crippen LogP contribution >= 0.6 is 15.9 Å². The first-order valence-corrected chi connectivity index (χ1v) is 5.82. The zero-order valence-electron chi connectivity index (χ0n) is 9.71. The maximum atomic E-state index is 5.94. The minimum atomic E-state index is 0.0644. The number of anilines is 2. The molecule has 1 aromatic rings. The lowest BCUT2D eigenvalue weighted by Crippen LogP contribution is -2.41. The van der Waals surface area contributed by atoms with Crippen LogP contribution in [0.1, 0.15) is 27.2 Å². The van der Waals surface area contributed by atoms with Crippen LogP contribution in [0.5, 0.6) is 0 Å². The molecule has 0 spiro atoms. The molecule has 0 radical (unpaired) electrons. The molecule has 1 heterocycles. The molecule has 0 aliphatic heterocycles. The summed E-state index contributed by atoms with van der Waals surface area (Å²) < 4.78 is 0.909. The minimum Gasteiger partial charge on any atom is -0.396 e. The number of rotatable bonds is 3. The molecule has 0 fully saturated rings. The molecule has 15 heavy (non-hydrogen) atoms. The highest BCUT2D eigenvalue weighted by Crippen LogP contribution is 2.29. The standard InChI is InChI=1S/C11H18BrN3/c1-5-11(2,3)15(4)10-9(13)6-8(12)7-14-10/h6-7H,5,13H2,1-4H3. The van der Waals surface area contributed by atoms with Crippen molar-refractivity contribution >= 4 is 27.4 Å². The Labute approximate surface area is 99.8 Å². The van der Waals surface area contributed by atoms with Gasteiger partial charge in [0.15, 0.2) is 5.82 Å². The number of nitrogens with zero attached hydrogens (tertiary/aromatic N) is 2. The van der Waals surface area contributed by atoms with E-state index in [4.69, 9.17) is 5.73 Å². The van der Waals surface area contributed by atoms with Crippen molar-refractivity contribution in [2.45, 2.75) is 32.7 Å². The molecule has 1 aromatic heterocycles. The van der Waals surface area contributed by atoms with Crippen LogP contribution in [0.3, 0.4) is 0 Å². The number of halogens is 1. The van der Waals surface area contributed by atoms with Gasteiger partial charge in [0.2, 0.25) is 0 Å². The van der Waals surface area contributed by atoms with E-state index in [9.17, 15) is 0 Å². The van der Waals surface area contributed by atoms with Crippen LogP contribution in [0.4, 0.5) is 11.5 Å². The van der Waals surface area contributed by atoms with Crippen molar-refractivity contribution in [1.29, 1.82) is 0 Å². The third kappa shape index (κ3) is 2.62. The topological polar surface area (TPSA) is 42.2 Å². The van der Waals surface area contributed by atoms with Crippen molar-refractivity contribution < 1.29 is 0 Å². The van der Waals surface area contributed by atoms with E-state index in [0.29, 0.717) is 5.69 Å². The number of hydrogen-bond acceptors (Lipinski definition) is 3. The molecule has 1 rings (SSSR count). The van der Waals surface area contributed by atoms with Gasteiger partial charge >= 0.3 is 0 Å². The van der Waals surface area contributed by atoms with Crippen LogP contribution in [0.15, 0.2) is 16.7 Å². The molecule has 0 unspecified atom stereocenters. The molecule has 4 heteroatoms. The summed E-state index contributed by atoms with van der Waals surface area (Å²) in [6.45, 7) is 6.51. The molecule has 0 bridgehead atoms. The van der Waals surface area contributed by atoms with Gasteiger partial charge in [-0.2, -0.15) is 0 Å². The Kier molecular flexibility index (Phi) is 3.60. The average molecular weight is 272 g/mol. The predicted octanol–water partition coefficient (Wildman–Crippen LogP) is 3.05. The van der Waals surface area contributed by atoms with E-state index >= 15 is 0 Å². The van der Waals surface area contributed by atoms with Crippen molar-refractivity contribution in [3.05, 3.63) is 16.7 Å². The first-order valence-electron chi connectivity index (χ1n) is 5.03. The monoisotopic (exact) mass is 271 g/mol. The largest absolute Gasteiger partial charge is 0.396 e. The summed E-state index contributed by atoms with van der Waals surface area (Å²) in [7, 11) is 2.02. The highest BCUT2D eigenvalue weighted by atomic mass is 79.9. The van der Waals surface area contributed by atoms with Gasteiger partial charge in [0, 0.05) is 23.3 Å². The van der Waals surface area contributed by atoms with Crippen LogP contribution in [-0.2, 0) is 0 Å². The first-order chi connectivity index (χ1) is 6.88. The van der Waals surface area contributed by atoms with E-state index in [-0.39, 0.29) is 5.54 Å². The molecule has 0 aliphatic carbocycles. The van der Waals surface area contributed by atoms with Gasteiger partial charge in [-0.1, -0.05) is 6.92 Å². The number of nitrogen functional groups attached to an aromatic ring is 1. The van der Waals surface area contributed by atoms with E-state index in [1.54, 1.807) is 6.20 Å². The maximum Gasteiger partial charge on any atom is 0.152 e. The van der Waals surface area contributed by atoms with E-state index < -0.39 is 0 Å². The summed E-state index contributed by atoms with van der Waals surface area (Å²) in [6, 6.07) is 1.88.